The van der Waals surface area contributed by atoms with E-state index in [1.165, 1.54) is 0 Å². The molecule has 0 atom stereocenters. The number of alkyl halides is 6. The lowest BCUT2D eigenvalue weighted by atomic mass is 10.1. The van der Waals surface area contributed by atoms with Gasteiger partial charge in [-0.05, 0) is 36.4 Å². The van der Waals surface area contributed by atoms with E-state index in [1.54, 1.807) is 18.2 Å². The number of aromatic nitrogens is 1. The Kier molecular flexibility index (Phi) is 4.32. The molecule has 0 aliphatic heterocycles. The summed E-state index contributed by atoms with van der Waals surface area (Å²) < 4.78 is 77.8. The zero-order valence-electron chi connectivity index (χ0n) is 12.0. The van der Waals surface area contributed by atoms with Crippen LogP contribution >= 0.6 is 22.9 Å². The van der Waals surface area contributed by atoms with Crippen LogP contribution in [0.5, 0.6) is 0 Å². The monoisotopic (exact) mass is 396 g/mol. The van der Waals surface area contributed by atoms with Crippen LogP contribution in [-0.2, 0) is 12.4 Å². The molecule has 1 aromatic heterocycles. The second-order valence-corrected chi connectivity index (χ2v) is 6.52. The lowest BCUT2D eigenvalue weighted by Gasteiger charge is -2.14. The van der Waals surface area contributed by atoms with E-state index in [0.717, 1.165) is 11.3 Å². The van der Waals surface area contributed by atoms with Gasteiger partial charge in [0.25, 0.3) is 0 Å². The Morgan fingerprint density at radius 2 is 1.48 bits per heavy atom. The van der Waals surface area contributed by atoms with Gasteiger partial charge in [0, 0.05) is 10.7 Å². The van der Waals surface area contributed by atoms with Crippen LogP contribution < -0.4 is 5.32 Å². The van der Waals surface area contributed by atoms with Gasteiger partial charge in [0.1, 0.15) is 0 Å². The van der Waals surface area contributed by atoms with Crippen molar-refractivity contribution in [3.8, 4) is 0 Å². The highest BCUT2D eigenvalue weighted by atomic mass is 35.5. The van der Waals surface area contributed by atoms with E-state index in [0.29, 0.717) is 27.4 Å². The Balaban J connectivity index is 2.02. The van der Waals surface area contributed by atoms with E-state index in [-0.39, 0.29) is 16.9 Å². The minimum absolute atomic E-state index is 0.0727. The van der Waals surface area contributed by atoms with Gasteiger partial charge in [-0.15, -0.1) is 0 Å². The van der Waals surface area contributed by atoms with Crippen molar-refractivity contribution >= 4 is 44.0 Å². The van der Waals surface area contributed by atoms with Gasteiger partial charge in [0.05, 0.1) is 21.3 Å². The van der Waals surface area contributed by atoms with E-state index in [9.17, 15) is 26.3 Å². The molecule has 3 aromatic rings. The zero-order valence-corrected chi connectivity index (χ0v) is 13.5. The average molecular weight is 397 g/mol. The van der Waals surface area contributed by atoms with Gasteiger partial charge in [-0.2, -0.15) is 26.3 Å². The van der Waals surface area contributed by atoms with Crippen LogP contribution in [0.15, 0.2) is 36.4 Å². The molecule has 132 valence electrons. The topological polar surface area (TPSA) is 24.9 Å². The molecule has 0 unspecified atom stereocenters. The normalized spacial score (nSPS) is 12.6. The quantitative estimate of drug-likeness (QED) is 0.486. The highest BCUT2D eigenvalue weighted by molar-refractivity contribution is 7.22. The van der Waals surface area contributed by atoms with Gasteiger partial charge < -0.3 is 5.32 Å². The Hall–Kier alpha value is -2.00. The van der Waals surface area contributed by atoms with Crippen molar-refractivity contribution in [3.63, 3.8) is 0 Å². The predicted octanol–water partition coefficient (Wildman–Crippen LogP) is 6.73. The lowest BCUT2D eigenvalue weighted by molar-refractivity contribution is -0.143. The summed E-state index contributed by atoms with van der Waals surface area (Å²) in [7, 11) is 0. The molecule has 10 heteroatoms. The van der Waals surface area contributed by atoms with E-state index in [1.807, 2.05) is 0 Å². The average Bonchev–Trinajstić information content (AvgIpc) is 2.86. The van der Waals surface area contributed by atoms with Crippen LogP contribution in [-0.4, -0.2) is 4.98 Å². The molecule has 3 rings (SSSR count). The SMILES string of the molecule is FC(F)(F)c1cc(Nc2nc3ccc(Cl)cc3s2)cc(C(F)(F)F)c1. The summed E-state index contributed by atoms with van der Waals surface area (Å²) in [5.74, 6) is 0. The summed E-state index contributed by atoms with van der Waals surface area (Å²) in [4.78, 5) is 4.12. The predicted molar refractivity (Wildman–Crippen MR) is 84.4 cm³/mol. The fourth-order valence-corrected chi connectivity index (χ4v) is 3.26. The van der Waals surface area contributed by atoms with E-state index in [2.05, 4.69) is 10.3 Å². The first kappa shape index (κ1) is 17.8. The summed E-state index contributed by atoms with van der Waals surface area (Å²) in [6.45, 7) is 0. The standard InChI is InChI=1S/C15H7ClF6N2S/c16-9-1-2-11-12(6-9)25-13(24-11)23-10-4-7(14(17,18)19)3-8(5-10)15(20,21)22/h1-6H,(H,23,24). The van der Waals surface area contributed by atoms with Crippen LogP contribution in [0.3, 0.4) is 0 Å². The number of hydrogen-bond donors (Lipinski definition) is 1. The first-order valence-corrected chi connectivity index (χ1v) is 7.84. The smallest absolute Gasteiger partial charge is 0.331 e. The molecule has 25 heavy (non-hydrogen) atoms. The Labute approximate surface area is 146 Å². The highest BCUT2D eigenvalue weighted by Gasteiger charge is 2.37. The van der Waals surface area contributed by atoms with Gasteiger partial charge in [0.2, 0.25) is 0 Å². The van der Waals surface area contributed by atoms with Gasteiger partial charge >= 0.3 is 12.4 Å². The van der Waals surface area contributed by atoms with E-state index < -0.39 is 23.5 Å². The molecule has 0 saturated carbocycles. The molecule has 0 bridgehead atoms. The molecule has 2 nitrogen and oxygen atoms in total. The van der Waals surface area contributed by atoms with Gasteiger partial charge in [-0.1, -0.05) is 22.9 Å². The third kappa shape index (κ3) is 3.98. The highest BCUT2D eigenvalue weighted by Crippen LogP contribution is 2.39. The Morgan fingerprint density at radius 3 is 2.04 bits per heavy atom. The second kappa shape index (κ2) is 6.06. The number of thiazole rings is 1. The maximum absolute atomic E-state index is 12.9. The van der Waals surface area contributed by atoms with Crippen molar-refractivity contribution in [2.45, 2.75) is 12.4 Å². The zero-order chi connectivity index (χ0) is 18.4. The van der Waals surface area contributed by atoms with Crippen molar-refractivity contribution in [2.24, 2.45) is 0 Å². The first-order valence-electron chi connectivity index (χ1n) is 6.65. The summed E-state index contributed by atoms with van der Waals surface area (Å²) in [5, 5.41) is 3.10. The Morgan fingerprint density at radius 1 is 0.880 bits per heavy atom. The fraction of sp³-hybridized carbons (Fsp3) is 0.133. The van der Waals surface area contributed by atoms with Crippen LogP contribution in [0.2, 0.25) is 5.02 Å². The molecular weight excluding hydrogens is 390 g/mol. The van der Waals surface area contributed by atoms with Crippen molar-refractivity contribution < 1.29 is 26.3 Å². The van der Waals surface area contributed by atoms with Crippen molar-refractivity contribution in [1.29, 1.82) is 0 Å². The minimum atomic E-state index is -4.90. The first-order chi connectivity index (χ1) is 11.5. The molecule has 2 aromatic carbocycles. The molecule has 0 aliphatic rings. The molecule has 0 saturated heterocycles. The third-order valence-corrected chi connectivity index (χ3v) is 4.36. The van der Waals surface area contributed by atoms with Gasteiger partial charge in [0.15, 0.2) is 5.13 Å². The van der Waals surface area contributed by atoms with Crippen molar-refractivity contribution in [3.05, 3.63) is 52.5 Å². The molecular formula is C15H7ClF6N2S. The van der Waals surface area contributed by atoms with Crippen LogP contribution in [0, 0.1) is 0 Å². The molecule has 0 radical (unpaired) electrons. The molecule has 1 N–H and O–H groups in total. The van der Waals surface area contributed by atoms with Crippen LogP contribution in [0.4, 0.5) is 37.2 Å². The minimum Gasteiger partial charge on any atom is -0.331 e. The fourth-order valence-electron chi connectivity index (χ4n) is 2.10. The number of anilines is 2. The number of halogens is 7. The Bertz CT molecular complexity index is 900. The summed E-state index contributed by atoms with van der Waals surface area (Å²) in [6.07, 6.45) is -9.81. The number of nitrogens with zero attached hydrogens (tertiary/aromatic N) is 1. The molecule has 0 amide bonds. The molecule has 1 heterocycles. The van der Waals surface area contributed by atoms with Crippen LogP contribution in [0.25, 0.3) is 10.2 Å². The van der Waals surface area contributed by atoms with Crippen molar-refractivity contribution in [1.82, 2.24) is 4.98 Å². The summed E-state index contributed by atoms with van der Waals surface area (Å²) in [6, 6.07) is 6.07. The number of hydrogen-bond acceptors (Lipinski definition) is 3. The molecule has 0 fully saturated rings. The lowest BCUT2D eigenvalue weighted by Crippen LogP contribution is -2.11. The maximum atomic E-state index is 12.9. The molecule has 0 aliphatic carbocycles. The number of benzene rings is 2. The van der Waals surface area contributed by atoms with Gasteiger partial charge in [-0.25, -0.2) is 4.98 Å². The summed E-state index contributed by atoms with van der Waals surface area (Å²) >= 11 is 6.90. The van der Waals surface area contributed by atoms with Crippen LogP contribution in [0.1, 0.15) is 11.1 Å². The third-order valence-electron chi connectivity index (χ3n) is 3.19. The molecule has 0 spiro atoms. The van der Waals surface area contributed by atoms with E-state index >= 15 is 0 Å². The van der Waals surface area contributed by atoms with E-state index in [4.69, 9.17) is 11.6 Å². The number of rotatable bonds is 2. The number of fused-ring (bicyclic) bond motifs is 1. The second-order valence-electron chi connectivity index (χ2n) is 5.05. The summed E-state index contributed by atoms with van der Waals surface area (Å²) in [5.41, 5.74) is -2.62. The van der Waals surface area contributed by atoms with Crippen molar-refractivity contribution in [2.75, 3.05) is 5.32 Å². The largest absolute Gasteiger partial charge is 0.416 e. The van der Waals surface area contributed by atoms with Gasteiger partial charge in [-0.3, -0.25) is 0 Å². The number of nitrogens with one attached hydrogen (secondary N) is 1. The maximum Gasteiger partial charge on any atom is 0.416 e.